The molecule has 1 aromatic rings. The molecule has 2 aliphatic rings. The Balaban J connectivity index is 1.54. The maximum atomic E-state index is 12.4. The fourth-order valence-electron chi connectivity index (χ4n) is 3.41. The smallest absolute Gasteiger partial charge is 0.254 e. The SMILES string of the molecule is O=C(c1ccsc1)N1CCO[C@@H](CC2CCCCC2)C1. The van der Waals surface area contributed by atoms with Crippen LogP contribution >= 0.6 is 11.3 Å². The van der Waals surface area contributed by atoms with Crippen LogP contribution in [0.2, 0.25) is 0 Å². The molecule has 1 saturated heterocycles. The fourth-order valence-corrected chi connectivity index (χ4v) is 4.04. The predicted octanol–water partition coefficient (Wildman–Crippen LogP) is 3.56. The molecule has 2 heterocycles. The molecule has 3 rings (SSSR count). The molecule has 110 valence electrons. The molecule has 1 aliphatic heterocycles. The molecule has 1 aliphatic carbocycles. The summed E-state index contributed by atoms with van der Waals surface area (Å²) in [5.74, 6) is 0.980. The molecule has 4 heteroatoms. The number of ether oxygens (including phenoxy) is 1. The van der Waals surface area contributed by atoms with Crippen LogP contribution in [0.4, 0.5) is 0 Å². The standard InChI is InChI=1S/C16H23NO2S/c18-16(14-6-9-20-12-14)17-7-8-19-15(11-17)10-13-4-2-1-3-5-13/h6,9,12-13,15H,1-5,7-8,10-11H2/t15-/m0/s1. The highest BCUT2D eigenvalue weighted by atomic mass is 32.1. The maximum Gasteiger partial charge on any atom is 0.254 e. The second-order valence-corrected chi connectivity index (χ2v) is 6.78. The molecule has 0 unspecified atom stereocenters. The molecule has 0 spiro atoms. The van der Waals surface area contributed by atoms with E-state index in [1.54, 1.807) is 11.3 Å². The van der Waals surface area contributed by atoms with Gasteiger partial charge in [0, 0.05) is 18.5 Å². The van der Waals surface area contributed by atoms with Gasteiger partial charge in [-0.05, 0) is 23.8 Å². The third kappa shape index (κ3) is 3.41. The minimum Gasteiger partial charge on any atom is -0.375 e. The fraction of sp³-hybridized carbons (Fsp3) is 0.688. The van der Waals surface area contributed by atoms with Crippen molar-refractivity contribution in [1.82, 2.24) is 4.90 Å². The number of carbonyl (C=O) groups excluding carboxylic acids is 1. The molecule has 0 radical (unpaired) electrons. The Bertz CT molecular complexity index is 426. The van der Waals surface area contributed by atoms with E-state index in [0.29, 0.717) is 6.61 Å². The van der Waals surface area contributed by atoms with Gasteiger partial charge in [0.05, 0.1) is 18.3 Å². The normalized spacial score (nSPS) is 24.8. The van der Waals surface area contributed by atoms with Crippen molar-refractivity contribution in [2.75, 3.05) is 19.7 Å². The summed E-state index contributed by atoms with van der Waals surface area (Å²) in [6.45, 7) is 2.19. The summed E-state index contributed by atoms with van der Waals surface area (Å²) in [5, 5.41) is 3.90. The number of hydrogen-bond donors (Lipinski definition) is 0. The zero-order chi connectivity index (χ0) is 13.8. The van der Waals surface area contributed by atoms with Crippen LogP contribution < -0.4 is 0 Å². The first-order valence-corrected chi connectivity index (χ1v) is 8.70. The van der Waals surface area contributed by atoms with Crippen molar-refractivity contribution in [3.8, 4) is 0 Å². The number of nitrogens with zero attached hydrogens (tertiary/aromatic N) is 1. The number of amides is 1. The minimum absolute atomic E-state index is 0.170. The van der Waals surface area contributed by atoms with Crippen molar-refractivity contribution in [2.45, 2.75) is 44.6 Å². The molecule has 3 nitrogen and oxygen atoms in total. The van der Waals surface area contributed by atoms with E-state index in [1.807, 2.05) is 21.7 Å². The van der Waals surface area contributed by atoms with E-state index >= 15 is 0 Å². The Kier molecular flexibility index (Phi) is 4.73. The lowest BCUT2D eigenvalue weighted by molar-refractivity contribution is -0.0336. The number of morpholine rings is 1. The summed E-state index contributed by atoms with van der Waals surface area (Å²) >= 11 is 1.58. The lowest BCUT2D eigenvalue weighted by atomic mass is 9.85. The van der Waals surface area contributed by atoms with Gasteiger partial charge in [-0.25, -0.2) is 0 Å². The first-order chi connectivity index (χ1) is 9.83. The summed E-state index contributed by atoms with van der Waals surface area (Å²) < 4.78 is 5.89. The third-order valence-electron chi connectivity index (χ3n) is 4.52. The van der Waals surface area contributed by atoms with E-state index < -0.39 is 0 Å². The van der Waals surface area contributed by atoms with Gasteiger partial charge in [-0.2, -0.15) is 11.3 Å². The lowest BCUT2D eigenvalue weighted by Gasteiger charge is -2.35. The molecule has 20 heavy (non-hydrogen) atoms. The van der Waals surface area contributed by atoms with Crippen LogP contribution in [0.3, 0.4) is 0 Å². The quantitative estimate of drug-likeness (QED) is 0.853. The summed E-state index contributed by atoms with van der Waals surface area (Å²) in [6.07, 6.45) is 8.20. The van der Waals surface area contributed by atoms with Crippen LogP contribution in [-0.2, 0) is 4.74 Å². The van der Waals surface area contributed by atoms with Gasteiger partial charge in [0.1, 0.15) is 0 Å². The third-order valence-corrected chi connectivity index (χ3v) is 5.20. The molecule has 0 aromatic carbocycles. The lowest BCUT2D eigenvalue weighted by Crippen LogP contribution is -2.46. The summed E-state index contributed by atoms with van der Waals surface area (Å²) in [5.41, 5.74) is 0.827. The molecule has 1 aromatic heterocycles. The number of carbonyl (C=O) groups is 1. The Labute approximate surface area is 124 Å². The molecule has 1 saturated carbocycles. The Morgan fingerprint density at radius 3 is 2.95 bits per heavy atom. The second-order valence-electron chi connectivity index (χ2n) is 6.00. The van der Waals surface area contributed by atoms with Gasteiger partial charge < -0.3 is 9.64 Å². The van der Waals surface area contributed by atoms with Crippen LogP contribution in [0.15, 0.2) is 16.8 Å². The van der Waals surface area contributed by atoms with E-state index in [1.165, 1.54) is 32.1 Å². The maximum absolute atomic E-state index is 12.4. The zero-order valence-corrected chi connectivity index (χ0v) is 12.7. The second kappa shape index (κ2) is 6.72. The van der Waals surface area contributed by atoms with Gasteiger partial charge in [0.15, 0.2) is 0 Å². The predicted molar refractivity (Wildman–Crippen MR) is 81.2 cm³/mol. The monoisotopic (exact) mass is 293 g/mol. The van der Waals surface area contributed by atoms with Crippen molar-refractivity contribution in [2.24, 2.45) is 5.92 Å². The van der Waals surface area contributed by atoms with Gasteiger partial charge in [-0.1, -0.05) is 32.1 Å². The number of hydrogen-bond acceptors (Lipinski definition) is 3. The summed E-state index contributed by atoms with van der Waals surface area (Å²) in [7, 11) is 0. The highest BCUT2D eigenvalue weighted by Gasteiger charge is 2.27. The average molecular weight is 293 g/mol. The van der Waals surface area contributed by atoms with Crippen LogP contribution in [0.1, 0.15) is 48.9 Å². The van der Waals surface area contributed by atoms with Crippen molar-refractivity contribution >= 4 is 17.2 Å². The summed E-state index contributed by atoms with van der Waals surface area (Å²) in [6, 6.07) is 1.92. The molecular weight excluding hydrogens is 270 g/mol. The first kappa shape index (κ1) is 14.1. The van der Waals surface area contributed by atoms with E-state index in [2.05, 4.69) is 0 Å². The van der Waals surface area contributed by atoms with Crippen molar-refractivity contribution in [3.63, 3.8) is 0 Å². The van der Waals surface area contributed by atoms with Crippen LogP contribution in [0.25, 0.3) is 0 Å². The largest absolute Gasteiger partial charge is 0.375 e. The van der Waals surface area contributed by atoms with Gasteiger partial charge in [-0.3, -0.25) is 4.79 Å². The molecule has 2 fully saturated rings. The number of rotatable bonds is 3. The van der Waals surface area contributed by atoms with E-state index in [4.69, 9.17) is 4.74 Å². The highest BCUT2D eigenvalue weighted by Crippen LogP contribution is 2.29. The molecule has 0 bridgehead atoms. The van der Waals surface area contributed by atoms with Gasteiger partial charge >= 0.3 is 0 Å². The Morgan fingerprint density at radius 1 is 1.35 bits per heavy atom. The molecule has 0 N–H and O–H groups in total. The van der Waals surface area contributed by atoms with E-state index in [9.17, 15) is 4.79 Å². The zero-order valence-electron chi connectivity index (χ0n) is 11.9. The van der Waals surface area contributed by atoms with Crippen molar-refractivity contribution < 1.29 is 9.53 Å². The van der Waals surface area contributed by atoms with Crippen LogP contribution in [0.5, 0.6) is 0 Å². The first-order valence-electron chi connectivity index (χ1n) is 7.76. The Hall–Kier alpha value is -0.870. The van der Waals surface area contributed by atoms with E-state index in [-0.39, 0.29) is 12.0 Å². The average Bonchev–Trinajstić information content (AvgIpc) is 3.02. The topological polar surface area (TPSA) is 29.5 Å². The van der Waals surface area contributed by atoms with Crippen LogP contribution in [0, 0.1) is 5.92 Å². The molecule has 1 atom stereocenters. The van der Waals surface area contributed by atoms with Gasteiger partial charge in [0.2, 0.25) is 0 Å². The van der Waals surface area contributed by atoms with Gasteiger partial charge in [-0.15, -0.1) is 0 Å². The molecule has 1 amide bonds. The van der Waals surface area contributed by atoms with Gasteiger partial charge in [0.25, 0.3) is 5.91 Å². The molecular formula is C16H23NO2S. The summed E-state index contributed by atoms with van der Waals surface area (Å²) in [4.78, 5) is 14.3. The minimum atomic E-state index is 0.170. The van der Waals surface area contributed by atoms with Crippen LogP contribution in [-0.4, -0.2) is 36.6 Å². The van der Waals surface area contributed by atoms with Crippen molar-refractivity contribution in [3.05, 3.63) is 22.4 Å². The highest BCUT2D eigenvalue weighted by molar-refractivity contribution is 7.08. The van der Waals surface area contributed by atoms with E-state index in [0.717, 1.165) is 31.0 Å². The number of thiophene rings is 1. The Morgan fingerprint density at radius 2 is 2.20 bits per heavy atom. The van der Waals surface area contributed by atoms with Crippen molar-refractivity contribution in [1.29, 1.82) is 0 Å².